The maximum Gasteiger partial charge on any atom is 0.243 e. The Morgan fingerprint density at radius 2 is 2.00 bits per heavy atom. The molecule has 0 aromatic heterocycles. The lowest BCUT2D eigenvalue weighted by molar-refractivity contribution is -0.125. The van der Waals surface area contributed by atoms with Crippen molar-refractivity contribution in [2.45, 2.75) is 27.2 Å². The molecule has 0 atom stereocenters. The topological polar surface area (TPSA) is 67.4 Å². The summed E-state index contributed by atoms with van der Waals surface area (Å²) in [4.78, 5) is 23.4. The van der Waals surface area contributed by atoms with Gasteiger partial charge in [0.15, 0.2) is 0 Å². The van der Waals surface area contributed by atoms with Crippen LogP contribution in [0.15, 0.2) is 18.2 Å². The van der Waals surface area contributed by atoms with Crippen molar-refractivity contribution in [3.8, 4) is 0 Å². The first-order valence-corrected chi connectivity index (χ1v) is 7.67. The van der Waals surface area contributed by atoms with Crippen molar-refractivity contribution < 1.29 is 14.3 Å². The first kappa shape index (κ1) is 18.5. The Morgan fingerprint density at radius 3 is 2.68 bits per heavy atom. The number of anilines is 1. The van der Waals surface area contributed by atoms with Crippen molar-refractivity contribution in [1.29, 1.82) is 0 Å². The number of amides is 2. The van der Waals surface area contributed by atoms with Gasteiger partial charge in [0.25, 0.3) is 0 Å². The van der Waals surface area contributed by atoms with Crippen LogP contribution in [0.25, 0.3) is 0 Å². The van der Waals surface area contributed by atoms with Crippen LogP contribution in [0.4, 0.5) is 5.69 Å². The van der Waals surface area contributed by atoms with Crippen LogP contribution >= 0.6 is 11.6 Å². The van der Waals surface area contributed by atoms with E-state index in [1.54, 1.807) is 18.2 Å². The SMILES string of the molecule is Cc1c(Cl)cccc1NC(=O)CNC(=O)CCOCC(C)C. The minimum atomic E-state index is -0.290. The van der Waals surface area contributed by atoms with Crippen LogP contribution in [0.2, 0.25) is 5.02 Å². The van der Waals surface area contributed by atoms with E-state index in [9.17, 15) is 9.59 Å². The predicted octanol–water partition coefficient (Wildman–Crippen LogP) is 2.77. The second-order valence-corrected chi connectivity index (χ2v) is 5.86. The highest BCUT2D eigenvalue weighted by molar-refractivity contribution is 6.31. The summed E-state index contributed by atoms with van der Waals surface area (Å²) in [5.41, 5.74) is 1.44. The molecule has 0 aliphatic heterocycles. The molecule has 0 aliphatic rings. The number of ether oxygens (including phenoxy) is 1. The second kappa shape index (κ2) is 9.43. The number of hydrogen-bond acceptors (Lipinski definition) is 3. The molecule has 0 saturated heterocycles. The summed E-state index contributed by atoms with van der Waals surface area (Å²) >= 11 is 5.98. The number of rotatable bonds is 8. The molecule has 0 aliphatic carbocycles. The van der Waals surface area contributed by atoms with Crippen molar-refractivity contribution >= 4 is 29.1 Å². The zero-order chi connectivity index (χ0) is 16.5. The van der Waals surface area contributed by atoms with Crippen molar-refractivity contribution in [1.82, 2.24) is 5.32 Å². The van der Waals surface area contributed by atoms with Crippen LogP contribution in [-0.4, -0.2) is 31.6 Å². The summed E-state index contributed by atoms with van der Waals surface area (Å²) in [6, 6.07) is 5.28. The molecule has 1 rings (SSSR count). The van der Waals surface area contributed by atoms with Gasteiger partial charge in [0, 0.05) is 23.7 Å². The molecular formula is C16H23ClN2O3. The number of nitrogens with one attached hydrogen (secondary N) is 2. The molecule has 5 nitrogen and oxygen atoms in total. The molecule has 0 bridgehead atoms. The third-order valence-corrected chi connectivity index (χ3v) is 3.32. The summed E-state index contributed by atoms with van der Waals surface area (Å²) in [5.74, 6) is -0.0571. The van der Waals surface area contributed by atoms with Gasteiger partial charge in [0.1, 0.15) is 0 Å². The Balaban J connectivity index is 2.28. The van der Waals surface area contributed by atoms with Gasteiger partial charge in [-0.1, -0.05) is 31.5 Å². The third kappa shape index (κ3) is 6.91. The van der Waals surface area contributed by atoms with Crippen molar-refractivity contribution in [2.24, 2.45) is 5.92 Å². The average Bonchev–Trinajstić information content (AvgIpc) is 2.46. The molecule has 22 heavy (non-hydrogen) atoms. The van der Waals surface area contributed by atoms with Crippen molar-refractivity contribution in [3.05, 3.63) is 28.8 Å². The van der Waals surface area contributed by atoms with Gasteiger partial charge < -0.3 is 15.4 Å². The van der Waals surface area contributed by atoms with Gasteiger partial charge in [-0.3, -0.25) is 9.59 Å². The van der Waals surface area contributed by atoms with Gasteiger partial charge in [-0.15, -0.1) is 0 Å². The van der Waals surface area contributed by atoms with Crippen LogP contribution < -0.4 is 10.6 Å². The maximum absolute atomic E-state index is 11.8. The van der Waals surface area contributed by atoms with E-state index < -0.39 is 0 Å². The van der Waals surface area contributed by atoms with Gasteiger partial charge in [-0.2, -0.15) is 0 Å². The Kier molecular flexibility index (Phi) is 7.91. The molecule has 2 amide bonds. The quantitative estimate of drug-likeness (QED) is 0.722. The summed E-state index contributed by atoms with van der Waals surface area (Å²) in [5, 5.41) is 5.87. The van der Waals surface area contributed by atoms with E-state index >= 15 is 0 Å². The summed E-state index contributed by atoms with van der Waals surface area (Å²) < 4.78 is 5.32. The molecule has 0 radical (unpaired) electrons. The van der Waals surface area contributed by atoms with Crippen LogP contribution in [0.1, 0.15) is 25.8 Å². The van der Waals surface area contributed by atoms with Gasteiger partial charge >= 0.3 is 0 Å². The summed E-state index contributed by atoms with van der Waals surface area (Å²) in [6.07, 6.45) is 0.246. The second-order valence-electron chi connectivity index (χ2n) is 5.46. The third-order valence-electron chi connectivity index (χ3n) is 2.91. The van der Waals surface area contributed by atoms with Gasteiger partial charge in [0.2, 0.25) is 11.8 Å². The molecule has 0 spiro atoms. The van der Waals surface area contributed by atoms with E-state index in [4.69, 9.17) is 16.3 Å². The van der Waals surface area contributed by atoms with Gasteiger partial charge in [-0.25, -0.2) is 0 Å². The molecule has 0 unspecified atom stereocenters. The Morgan fingerprint density at radius 1 is 1.27 bits per heavy atom. The van der Waals surface area contributed by atoms with E-state index in [0.717, 1.165) is 5.56 Å². The van der Waals surface area contributed by atoms with Crippen LogP contribution in [0.5, 0.6) is 0 Å². The van der Waals surface area contributed by atoms with E-state index in [1.165, 1.54) is 0 Å². The zero-order valence-electron chi connectivity index (χ0n) is 13.2. The smallest absolute Gasteiger partial charge is 0.243 e. The van der Waals surface area contributed by atoms with Gasteiger partial charge in [0.05, 0.1) is 13.2 Å². The fourth-order valence-electron chi connectivity index (χ4n) is 1.69. The number of halogens is 1. The van der Waals surface area contributed by atoms with Crippen molar-refractivity contribution in [3.63, 3.8) is 0 Å². The minimum absolute atomic E-state index is 0.0744. The van der Waals surface area contributed by atoms with E-state index in [1.807, 2.05) is 20.8 Å². The number of hydrogen-bond donors (Lipinski definition) is 2. The molecule has 1 aromatic carbocycles. The van der Waals surface area contributed by atoms with E-state index in [-0.39, 0.29) is 24.8 Å². The monoisotopic (exact) mass is 326 g/mol. The minimum Gasteiger partial charge on any atom is -0.381 e. The standard InChI is InChI=1S/C16H23ClN2O3/c1-11(2)10-22-8-7-15(20)18-9-16(21)19-14-6-4-5-13(17)12(14)3/h4-6,11H,7-10H2,1-3H3,(H,18,20)(H,19,21). The number of carbonyl (C=O) groups is 2. The molecule has 2 N–H and O–H groups in total. The highest BCUT2D eigenvalue weighted by Gasteiger charge is 2.08. The largest absolute Gasteiger partial charge is 0.381 e. The molecule has 6 heteroatoms. The van der Waals surface area contributed by atoms with Gasteiger partial charge in [-0.05, 0) is 30.5 Å². The highest BCUT2D eigenvalue weighted by atomic mass is 35.5. The maximum atomic E-state index is 11.8. The normalized spacial score (nSPS) is 10.6. The summed E-state index contributed by atoms with van der Waals surface area (Å²) in [7, 11) is 0. The molecule has 0 saturated carbocycles. The van der Waals surface area contributed by atoms with Crippen LogP contribution in [-0.2, 0) is 14.3 Å². The lowest BCUT2D eigenvalue weighted by Gasteiger charge is -2.10. The molecule has 1 aromatic rings. The first-order chi connectivity index (χ1) is 10.4. The Bertz CT molecular complexity index is 518. The highest BCUT2D eigenvalue weighted by Crippen LogP contribution is 2.22. The molecule has 0 fully saturated rings. The zero-order valence-corrected chi connectivity index (χ0v) is 14.0. The number of carbonyl (C=O) groups excluding carboxylic acids is 2. The van der Waals surface area contributed by atoms with Crippen LogP contribution in [0, 0.1) is 12.8 Å². The Labute approximate surface area is 136 Å². The molecule has 0 heterocycles. The average molecular weight is 327 g/mol. The lowest BCUT2D eigenvalue weighted by atomic mass is 10.2. The fourth-order valence-corrected chi connectivity index (χ4v) is 1.86. The summed E-state index contributed by atoms with van der Waals surface area (Å²) in [6.45, 7) is 6.82. The van der Waals surface area contributed by atoms with E-state index in [2.05, 4.69) is 10.6 Å². The molecular weight excluding hydrogens is 304 g/mol. The van der Waals surface area contributed by atoms with Crippen LogP contribution in [0.3, 0.4) is 0 Å². The van der Waals surface area contributed by atoms with Crippen molar-refractivity contribution in [2.75, 3.05) is 25.1 Å². The number of benzene rings is 1. The van der Waals surface area contributed by atoms with E-state index in [0.29, 0.717) is 29.8 Å². The Hall–Kier alpha value is -1.59. The lowest BCUT2D eigenvalue weighted by Crippen LogP contribution is -2.33. The molecule has 122 valence electrons. The predicted molar refractivity (Wildman–Crippen MR) is 88.1 cm³/mol. The first-order valence-electron chi connectivity index (χ1n) is 7.29. The fraction of sp³-hybridized carbons (Fsp3) is 0.500.